The maximum absolute atomic E-state index is 13.4. The lowest BCUT2D eigenvalue weighted by Crippen LogP contribution is -2.41. The summed E-state index contributed by atoms with van der Waals surface area (Å²) in [6.45, 7) is 45.0. The van der Waals surface area contributed by atoms with Gasteiger partial charge in [0.1, 0.15) is 48.9 Å². The van der Waals surface area contributed by atoms with Crippen molar-refractivity contribution >= 4 is 104 Å². The summed E-state index contributed by atoms with van der Waals surface area (Å²) >= 11 is 0. The summed E-state index contributed by atoms with van der Waals surface area (Å²) in [4.78, 5) is 75.4. The highest BCUT2D eigenvalue weighted by Crippen LogP contribution is 2.41. The third kappa shape index (κ3) is 18.7. The highest BCUT2D eigenvalue weighted by molar-refractivity contribution is 6.76. The molecule has 3 saturated heterocycles. The molecule has 1 aliphatic carbocycles. The standard InChI is InChI=1S/C50H70N10O6Si2.C32H43BN4O3Si/c1-49(2,3)65-47(61)57-21-13-15-39(57)43-55-41-45(59(43)31-63-23-25-67(7,8)9)51-29-37(53-41)35-19-17-34-28-36(20-18-33(34)27-35)38-30-52-46-42(54-38)56-44(60(46)32-64-24-26-68(10,11)12)40-16-14-22-58(40)48(62)66-50(4,5)6;1-31(2)32(3,4)40-33(39-31)26-15-14-23-18-25(13-12-24(23)19-26)27-20-34-30-28(35-27)36-29(22-10-8-9-11-22)37(30)21-38-16-17-41(5,6)7/h17-20,27-30,39-40H,13-16,21-26,31-32H2,1-12H3;12-15,18-20,22H,8-11,16-17,21H2,1-7H3/t39-,40-;/m0./s1. The van der Waals surface area contributed by atoms with Crippen molar-refractivity contribution in [2.45, 2.75) is 258 Å². The Morgan fingerprint density at radius 3 is 1.16 bits per heavy atom. The maximum Gasteiger partial charge on any atom is 0.494 e. The number of amides is 2. The van der Waals surface area contributed by atoms with Crippen LogP contribution in [0.5, 0.6) is 0 Å². The number of imidazole rings is 3. The number of carbonyl (C=O) groups is 2. The first-order valence-corrected chi connectivity index (χ1v) is 50.4. The van der Waals surface area contributed by atoms with E-state index in [1.54, 1.807) is 22.2 Å². The second kappa shape index (κ2) is 31.3. The molecular formula is C82H113BN14O9Si3. The van der Waals surface area contributed by atoms with Crippen molar-refractivity contribution in [1.82, 2.24) is 68.4 Å². The molecule has 23 nitrogen and oxygen atoms in total. The number of nitrogens with zero attached hydrogens (tertiary/aromatic N) is 14. The Kier molecular flexibility index (Phi) is 22.8. The van der Waals surface area contributed by atoms with E-state index in [0.29, 0.717) is 90.2 Å². The van der Waals surface area contributed by atoms with Gasteiger partial charge < -0.3 is 33.0 Å². The number of hydrogen-bond acceptors (Lipinski definition) is 18. The van der Waals surface area contributed by atoms with Gasteiger partial charge >= 0.3 is 19.3 Å². The molecule has 4 fully saturated rings. The van der Waals surface area contributed by atoms with Gasteiger partial charge in [-0.1, -0.05) is 126 Å². The summed E-state index contributed by atoms with van der Waals surface area (Å²) in [7, 11) is -4.15. The molecule has 6 aromatic heterocycles. The van der Waals surface area contributed by atoms with Crippen molar-refractivity contribution in [3.63, 3.8) is 0 Å². The fourth-order valence-electron chi connectivity index (χ4n) is 14.4. The molecule has 1 saturated carbocycles. The van der Waals surface area contributed by atoms with E-state index in [2.05, 4.69) is 152 Å². The Labute approximate surface area is 645 Å². The van der Waals surface area contributed by atoms with Crippen molar-refractivity contribution in [1.29, 1.82) is 0 Å². The molecule has 0 unspecified atom stereocenters. The van der Waals surface area contributed by atoms with E-state index in [1.165, 1.54) is 25.7 Å². The summed E-state index contributed by atoms with van der Waals surface area (Å²) in [6, 6.07) is 27.9. The van der Waals surface area contributed by atoms with Gasteiger partial charge in [-0.25, -0.2) is 54.4 Å². The third-order valence-corrected chi connectivity index (χ3v) is 26.4. The van der Waals surface area contributed by atoms with Crippen LogP contribution < -0.4 is 5.46 Å². The SMILES string of the molecule is CC(C)(C)OC(=O)N1CCC[C@H]1c1nc2nc(-c3ccc4cc(-c5cnc6c(n5)nc([C@@H]5CCCN5C(=O)OC(C)(C)C)n6COCC[Si](C)(C)C)ccc4c3)cnc2n1COCC[Si](C)(C)C.CC1(C)OB(c2ccc3cc(-c4cnc5c(n4)nc(C4CCCC4)n5COCC[Si](C)(C)C)ccc3c2)OC1(C)C. The Morgan fingerprint density at radius 2 is 0.798 bits per heavy atom. The Balaban J connectivity index is 0.000000217. The fraction of sp³-hybridized carbons (Fsp3) is 0.549. The maximum atomic E-state index is 13.4. The van der Waals surface area contributed by atoms with Crippen LogP contribution in [0, 0.1) is 0 Å². The van der Waals surface area contributed by atoms with Crippen LogP contribution in [0.3, 0.4) is 0 Å². The van der Waals surface area contributed by atoms with Gasteiger partial charge in [-0.05, 0) is 171 Å². The van der Waals surface area contributed by atoms with E-state index < -0.39 is 35.4 Å². The quantitative estimate of drug-likeness (QED) is 0.0453. The number of ether oxygens (including phenoxy) is 5. The van der Waals surface area contributed by atoms with Crippen LogP contribution in [-0.4, -0.2) is 167 Å². The smallest absolute Gasteiger partial charge is 0.444 e. The first-order chi connectivity index (χ1) is 51.4. The number of likely N-dealkylation sites (tertiary alicyclic amines) is 2. The monoisotopic (exact) mass is 1530 g/mol. The van der Waals surface area contributed by atoms with Gasteiger partial charge in [0.25, 0.3) is 0 Å². The molecule has 14 rings (SSSR count). The molecule has 3 aliphatic heterocycles. The molecule has 9 heterocycles. The van der Waals surface area contributed by atoms with E-state index in [4.69, 9.17) is 77.8 Å². The lowest BCUT2D eigenvalue weighted by molar-refractivity contribution is 0.00578. The van der Waals surface area contributed by atoms with Crippen LogP contribution in [0.2, 0.25) is 77.1 Å². The second-order valence-corrected chi connectivity index (χ2v) is 53.6. The van der Waals surface area contributed by atoms with Gasteiger partial charge in [0.05, 0.1) is 59.0 Å². The van der Waals surface area contributed by atoms with Crippen LogP contribution in [0.15, 0.2) is 91.4 Å². The van der Waals surface area contributed by atoms with Crippen LogP contribution in [0.1, 0.15) is 156 Å². The van der Waals surface area contributed by atoms with Gasteiger partial charge in [-0.3, -0.25) is 23.5 Å². The molecular weight excluding hydrogens is 1420 g/mol. The van der Waals surface area contributed by atoms with E-state index in [0.717, 1.165) is 111 Å². The average molecular weight is 1530 g/mol. The lowest BCUT2D eigenvalue weighted by atomic mass is 9.78. The number of carbonyl (C=O) groups excluding carboxylic acids is 2. The van der Waals surface area contributed by atoms with Crippen molar-refractivity contribution in [2.75, 3.05) is 32.9 Å². The Morgan fingerprint density at radius 1 is 0.459 bits per heavy atom. The Hall–Kier alpha value is -7.89. The van der Waals surface area contributed by atoms with Gasteiger partial charge in [0, 0.05) is 79.7 Å². The highest BCUT2D eigenvalue weighted by atomic mass is 28.3. The van der Waals surface area contributed by atoms with E-state index in [1.807, 2.05) is 69.0 Å². The van der Waals surface area contributed by atoms with Crippen LogP contribution in [0.25, 0.3) is 89.2 Å². The molecule has 0 N–H and O–H groups in total. The van der Waals surface area contributed by atoms with E-state index >= 15 is 0 Å². The summed E-state index contributed by atoms with van der Waals surface area (Å²) in [6.07, 6.45) is 12.8. The molecule has 4 aromatic carbocycles. The predicted molar refractivity (Wildman–Crippen MR) is 440 cm³/mol. The molecule has 0 spiro atoms. The average Bonchev–Trinajstić information content (AvgIpc) is 1.63. The number of hydrogen-bond donors (Lipinski definition) is 0. The second-order valence-electron chi connectivity index (χ2n) is 36.8. The third-order valence-electron chi connectivity index (χ3n) is 21.3. The van der Waals surface area contributed by atoms with E-state index in [9.17, 15) is 9.59 Å². The molecule has 2 amide bonds. The van der Waals surface area contributed by atoms with Crippen LogP contribution >= 0.6 is 0 Å². The molecule has 580 valence electrons. The zero-order chi connectivity index (χ0) is 77.8. The largest absolute Gasteiger partial charge is 0.494 e. The number of benzene rings is 4. The minimum absolute atomic E-state index is 0.266. The molecule has 0 radical (unpaired) electrons. The summed E-state index contributed by atoms with van der Waals surface area (Å²) in [5.74, 6) is 2.94. The molecule has 4 aliphatic rings. The Bertz CT molecular complexity index is 4760. The van der Waals surface area contributed by atoms with Crippen LogP contribution in [-0.2, 0) is 53.2 Å². The van der Waals surface area contributed by atoms with E-state index in [-0.39, 0.29) is 56.1 Å². The number of fused-ring (bicyclic) bond motifs is 5. The summed E-state index contributed by atoms with van der Waals surface area (Å²) < 4.78 is 49.0. The molecule has 0 bridgehead atoms. The molecule has 109 heavy (non-hydrogen) atoms. The van der Waals surface area contributed by atoms with Crippen molar-refractivity contribution in [2.24, 2.45) is 0 Å². The number of aromatic nitrogens is 12. The fourth-order valence-corrected chi connectivity index (χ4v) is 16.7. The van der Waals surface area contributed by atoms with Gasteiger partial charge in [0.15, 0.2) is 33.9 Å². The molecule has 27 heteroatoms. The summed E-state index contributed by atoms with van der Waals surface area (Å²) in [5, 5.41) is 4.32. The minimum atomic E-state index is -1.31. The van der Waals surface area contributed by atoms with Crippen molar-refractivity contribution < 1.29 is 42.6 Å². The van der Waals surface area contributed by atoms with Gasteiger partial charge in [-0.2, -0.15) is 0 Å². The summed E-state index contributed by atoms with van der Waals surface area (Å²) in [5.41, 5.74) is 7.86. The zero-order valence-electron chi connectivity index (χ0n) is 67.8. The molecule has 2 atom stereocenters. The highest BCUT2D eigenvalue weighted by Gasteiger charge is 2.52. The van der Waals surface area contributed by atoms with Crippen LogP contribution in [0.4, 0.5) is 9.59 Å². The zero-order valence-corrected chi connectivity index (χ0v) is 70.8. The molecule has 10 aromatic rings. The number of rotatable bonds is 22. The lowest BCUT2D eigenvalue weighted by Gasteiger charge is -2.32. The van der Waals surface area contributed by atoms with Crippen molar-refractivity contribution in [3.8, 4) is 33.8 Å². The van der Waals surface area contributed by atoms with Gasteiger partial charge in [0.2, 0.25) is 0 Å². The predicted octanol–water partition coefficient (Wildman–Crippen LogP) is 18.1. The first-order valence-electron chi connectivity index (χ1n) is 39.3. The topological polar surface area (TPSA) is 236 Å². The first kappa shape index (κ1) is 79.2. The normalized spacial score (nSPS) is 18.0. The van der Waals surface area contributed by atoms with Gasteiger partial charge in [-0.15, -0.1) is 0 Å². The van der Waals surface area contributed by atoms with Crippen molar-refractivity contribution in [3.05, 3.63) is 109 Å². The minimum Gasteiger partial charge on any atom is -0.444 e.